The van der Waals surface area contributed by atoms with E-state index in [1.54, 1.807) is 36.4 Å². The summed E-state index contributed by atoms with van der Waals surface area (Å²) in [6, 6.07) is 16.2. The number of nitrogens with zero attached hydrogens (tertiary/aromatic N) is 2. The van der Waals surface area contributed by atoms with Gasteiger partial charge in [0.05, 0.1) is 23.6 Å². The number of rotatable bonds is 3. The average Bonchev–Trinajstić information content (AvgIpc) is 3.02. The second-order valence-electron chi connectivity index (χ2n) is 6.38. The zero-order chi connectivity index (χ0) is 19.8. The molecule has 7 heteroatoms. The van der Waals surface area contributed by atoms with Crippen molar-refractivity contribution in [1.82, 2.24) is 9.55 Å². The Bertz CT molecular complexity index is 1360. The Kier molecular flexibility index (Phi) is 4.63. The molecular formula is C21H14ClN3O2S. The number of nitriles is 1. The Morgan fingerprint density at radius 2 is 1.93 bits per heavy atom. The first-order chi connectivity index (χ1) is 13.5. The molecule has 0 bridgehead atoms. The fourth-order valence-corrected chi connectivity index (χ4v) is 4.44. The van der Waals surface area contributed by atoms with Crippen LogP contribution >= 0.6 is 22.9 Å². The lowest BCUT2D eigenvalue weighted by atomic mass is 10.0. The first kappa shape index (κ1) is 18.2. The van der Waals surface area contributed by atoms with Gasteiger partial charge in [-0.3, -0.25) is 14.3 Å². The van der Waals surface area contributed by atoms with Crippen LogP contribution in [0.15, 0.2) is 58.1 Å². The second kappa shape index (κ2) is 7.12. The van der Waals surface area contributed by atoms with Gasteiger partial charge in [-0.25, -0.2) is 4.79 Å². The molecule has 4 aromatic rings. The molecule has 4 rings (SSSR count). The highest BCUT2D eigenvalue weighted by atomic mass is 35.5. The molecule has 0 amide bonds. The van der Waals surface area contributed by atoms with Gasteiger partial charge in [0.15, 0.2) is 0 Å². The molecule has 0 atom stereocenters. The number of halogens is 1. The molecule has 0 fully saturated rings. The summed E-state index contributed by atoms with van der Waals surface area (Å²) < 4.78 is 1.17. The van der Waals surface area contributed by atoms with E-state index < -0.39 is 5.69 Å². The number of aryl methyl sites for hydroxylation is 1. The molecule has 0 aliphatic rings. The summed E-state index contributed by atoms with van der Waals surface area (Å²) in [5.74, 6) is 0. The average molecular weight is 408 g/mol. The number of nitrogens with one attached hydrogen (secondary N) is 1. The van der Waals surface area contributed by atoms with Crippen molar-refractivity contribution in [2.75, 3.05) is 0 Å². The van der Waals surface area contributed by atoms with Crippen LogP contribution in [0, 0.1) is 18.3 Å². The summed E-state index contributed by atoms with van der Waals surface area (Å²) in [5.41, 5.74) is 2.05. The minimum absolute atomic E-state index is 0.0918. The summed E-state index contributed by atoms with van der Waals surface area (Å²) in [5, 5.41) is 10.2. The van der Waals surface area contributed by atoms with E-state index in [9.17, 15) is 9.59 Å². The van der Waals surface area contributed by atoms with Crippen molar-refractivity contribution in [3.8, 4) is 17.2 Å². The summed E-state index contributed by atoms with van der Waals surface area (Å²) in [4.78, 5) is 30.1. The molecule has 0 aliphatic heterocycles. The van der Waals surface area contributed by atoms with Crippen LogP contribution in [-0.4, -0.2) is 9.55 Å². The number of hydrogen-bond acceptors (Lipinski definition) is 4. The molecule has 0 spiro atoms. The number of H-pyrrole nitrogens is 1. The van der Waals surface area contributed by atoms with Gasteiger partial charge in [-0.15, -0.1) is 11.3 Å². The van der Waals surface area contributed by atoms with Crippen LogP contribution in [0.4, 0.5) is 0 Å². The van der Waals surface area contributed by atoms with E-state index in [0.29, 0.717) is 26.4 Å². The first-order valence-corrected chi connectivity index (χ1v) is 9.68. The van der Waals surface area contributed by atoms with Gasteiger partial charge in [0.1, 0.15) is 4.83 Å². The Hall–Kier alpha value is -3.14. The second-order valence-corrected chi connectivity index (χ2v) is 8.04. The molecule has 28 heavy (non-hydrogen) atoms. The lowest BCUT2D eigenvalue weighted by molar-refractivity contribution is 0.713. The van der Waals surface area contributed by atoms with Crippen molar-refractivity contribution < 1.29 is 0 Å². The van der Waals surface area contributed by atoms with Gasteiger partial charge < -0.3 is 0 Å². The van der Waals surface area contributed by atoms with Crippen molar-refractivity contribution in [3.05, 3.63) is 90.4 Å². The quantitative estimate of drug-likeness (QED) is 0.550. The number of fused-ring (bicyclic) bond motifs is 1. The molecule has 2 aromatic heterocycles. The number of aromatic amines is 1. The van der Waals surface area contributed by atoms with E-state index in [0.717, 1.165) is 16.0 Å². The summed E-state index contributed by atoms with van der Waals surface area (Å²) in [6.07, 6.45) is 0. The van der Waals surface area contributed by atoms with Crippen LogP contribution in [-0.2, 0) is 6.54 Å². The topological polar surface area (TPSA) is 78.7 Å². The third-order valence-corrected chi connectivity index (χ3v) is 5.81. The molecule has 138 valence electrons. The maximum atomic E-state index is 13.2. The van der Waals surface area contributed by atoms with Crippen LogP contribution < -0.4 is 11.2 Å². The number of aromatic nitrogens is 2. The molecule has 0 unspecified atom stereocenters. The fraction of sp³-hybridized carbons (Fsp3) is 0.0952. The maximum Gasteiger partial charge on any atom is 0.329 e. The summed E-state index contributed by atoms with van der Waals surface area (Å²) in [7, 11) is 0. The highest BCUT2D eigenvalue weighted by Gasteiger charge is 2.18. The number of benzene rings is 2. The molecule has 2 heterocycles. The van der Waals surface area contributed by atoms with E-state index in [4.69, 9.17) is 16.9 Å². The van der Waals surface area contributed by atoms with Gasteiger partial charge in [-0.2, -0.15) is 5.26 Å². The molecule has 0 radical (unpaired) electrons. The van der Waals surface area contributed by atoms with Crippen molar-refractivity contribution >= 4 is 33.2 Å². The van der Waals surface area contributed by atoms with Crippen LogP contribution in [0.1, 0.15) is 16.0 Å². The Balaban J connectivity index is 1.93. The Morgan fingerprint density at radius 3 is 2.64 bits per heavy atom. The number of hydrogen-bond donors (Lipinski definition) is 1. The van der Waals surface area contributed by atoms with Crippen molar-refractivity contribution in [2.45, 2.75) is 13.5 Å². The van der Waals surface area contributed by atoms with Crippen LogP contribution in [0.3, 0.4) is 0 Å². The predicted molar refractivity (Wildman–Crippen MR) is 112 cm³/mol. The monoisotopic (exact) mass is 407 g/mol. The normalized spacial score (nSPS) is 10.9. The largest absolute Gasteiger partial charge is 0.329 e. The van der Waals surface area contributed by atoms with Gasteiger partial charge in [0.25, 0.3) is 5.56 Å². The summed E-state index contributed by atoms with van der Waals surface area (Å²) >= 11 is 7.37. The minimum Gasteiger partial charge on any atom is -0.298 e. The molecule has 1 N–H and O–H groups in total. The zero-order valence-corrected chi connectivity index (χ0v) is 16.4. The Morgan fingerprint density at radius 1 is 1.18 bits per heavy atom. The van der Waals surface area contributed by atoms with E-state index >= 15 is 0 Å². The predicted octanol–water partition coefficient (Wildman–Crippen LogP) is 4.30. The van der Waals surface area contributed by atoms with Crippen molar-refractivity contribution in [2.24, 2.45) is 0 Å². The van der Waals surface area contributed by atoms with E-state index in [1.165, 1.54) is 15.9 Å². The molecule has 5 nitrogen and oxygen atoms in total. The smallest absolute Gasteiger partial charge is 0.298 e. The van der Waals surface area contributed by atoms with Gasteiger partial charge in [0.2, 0.25) is 0 Å². The third kappa shape index (κ3) is 3.15. The van der Waals surface area contributed by atoms with Crippen LogP contribution in [0.2, 0.25) is 5.02 Å². The lowest BCUT2D eigenvalue weighted by Crippen LogP contribution is -2.35. The van der Waals surface area contributed by atoms with Crippen LogP contribution in [0.25, 0.3) is 21.3 Å². The SMILES string of the molecule is Cc1sc2[nH]c(=O)n(Cc3cccc(C#N)c3)c(=O)c2c1-c1ccc(Cl)cc1. The zero-order valence-electron chi connectivity index (χ0n) is 14.8. The van der Waals surface area contributed by atoms with Crippen LogP contribution in [0.5, 0.6) is 0 Å². The fourth-order valence-electron chi connectivity index (χ4n) is 3.26. The molecular weight excluding hydrogens is 394 g/mol. The van der Waals surface area contributed by atoms with Gasteiger partial charge in [-0.05, 0) is 42.3 Å². The molecule has 0 saturated heterocycles. The highest BCUT2D eigenvalue weighted by molar-refractivity contribution is 7.19. The highest BCUT2D eigenvalue weighted by Crippen LogP contribution is 2.35. The van der Waals surface area contributed by atoms with Gasteiger partial charge in [-0.1, -0.05) is 35.9 Å². The lowest BCUT2D eigenvalue weighted by Gasteiger charge is -2.07. The molecule has 0 aliphatic carbocycles. The third-order valence-electron chi connectivity index (χ3n) is 4.54. The standard InChI is InChI=1S/C21H14ClN3O2S/c1-12-17(15-5-7-16(22)8-6-15)18-19(28-12)24-21(27)25(20(18)26)11-14-4-2-3-13(9-14)10-23/h2-9H,11H2,1H3,(H,24,27). The molecule has 0 saturated carbocycles. The van der Waals surface area contributed by atoms with Crippen molar-refractivity contribution in [3.63, 3.8) is 0 Å². The van der Waals surface area contributed by atoms with E-state index in [-0.39, 0.29) is 12.1 Å². The van der Waals surface area contributed by atoms with Crippen molar-refractivity contribution in [1.29, 1.82) is 5.26 Å². The minimum atomic E-state index is -0.469. The maximum absolute atomic E-state index is 13.2. The van der Waals surface area contributed by atoms with E-state index in [1.807, 2.05) is 19.1 Å². The summed E-state index contributed by atoms with van der Waals surface area (Å²) in [6.45, 7) is 2.02. The Labute approximate surface area is 169 Å². The number of thiophene rings is 1. The van der Waals surface area contributed by atoms with E-state index in [2.05, 4.69) is 11.1 Å². The first-order valence-electron chi connectivity index (χ1n) is 8.49. The molecule has 2 aromatic carbocycles. The van der Waals surface area contributed by atoms with Gasteiger partial charge in [0, 0.05) is 15.5 Å². The van der Waals surface area contributed by atoms with Gasteiger partial charge >= 0.3 is 5.69 Å².